The maximum Gasteiger partial charge on any atom is 0.144 e. The lowest BCUT2D eigenvalue weighted by Gasteiger charge is -2.38. The Morgan fingerprint density at radius 1 is 1.17 bits per heavy atom. The Kier molecular flexibility index (Phi) is 1.25. The van der Waals surface area contributed by atoms with Crippen LogP contribution in [0.4, 0.5) is 0 Å². The van der Waals surface area contributed by atoms with Gasteiger partial charge in [0.15, 0.2) is 0 Å². The molecule has 0 aromatic carbocycles. The van der Waals surface area contributed by atoms with Crippen LogP contribution in [0.3, 0.4) is 0 Å². The van der Waals surface area contributed by atoms with E-state index < -0.39 is 0 Å². The minimum Gasteiger partial charge on any atom is -0.365 e. The van der Waals surface area contributed by atoms with E-state index in [1.54, 1.807) is 0 Å². The van der Waals surface area contributed by atoms with Crippen LogP contribution in [-0.2, 0) is 9.53 Å². The van der Waals surface area contributed by atoms with Gasteiger partial charge in [0, 0.05) is 11.8 Å². The average Bonchev–Trinajstić information content (AvgIpc) is 2.47. The number of carbonyl (C=O) groups excluding carboxylic acids is 1. The number of hydrogen-bond donors (Lipinski definition) is 0. The zero-order chi connectivity index (χ0) is 8.13. The van der Waals surface area contributed by atoms with Gasteiger partial charge in [-0.1, -0.05) is 18.6 Å². The lowest BCUT2D eigenvalue weighted by Crippen LogP contribution is -2.46. The van der Waals surface area contributed by atoms with Gasteiger partial charge in [-0.3, -0.25) is 4.79 Å². The molecule has 12 heavy (non-hydrogen) atoms. The molecule has 64 valence electrons. The van der Waals surface area contributed by atoms with Gasteiger partial charge in [-0.25, -0.2) is 0 Å². The highest BCUT2D eigenvalue weighted by atomic mass is 16.5. The Morgan fingerprint density at radius 3 is 2.33 bits per heavy atom. The van der Waals surface area contributed by atoms with Crippen LogP contribution in [-0.4, -0.2) is 18.0 Å². The molecule has 2 heterocycles. The van der Waals surface area contributed by atoms with E-state index in [1.807, 2.05) is 0 Å². The highest BCUT2D eigenvalue weighted by Crippen LogP contribution is 2.41. The molecule has 2 nitrogen and oxygen atoms in total. The zero-order valence-corrected chi connectivity index (χ0v) is 6.90. The van der Waals surface area contributed by atoms with Crippen LogP contribution in [0.25, 0.3) is 0 Å². The van der Waals surface area contributed by atoms with E-state index in [0.717, 1.165) is 12.8 Å². The number of ketones is 1. The highest BCUT2D eigenvalue weighted by molar-refractivity contribution is 5.87. The summed E-state index contributed by atoms with van der Waals surface area (Å²) in [5, 5.41) is 0. The van der Waals surface area contributed by atoms with Crippen molar-refractivity contribution in [3.05, 3.63) is 12.2 Å². The van der Waals surface area contributed by atoms with Crippen LogP contribution < -0.4 is 0 Å². The van der Waals surface area contributed by atoms with Gasteiger partial charge in [0.25, 0.3) is 0 Å². The first kappa shape index (κ1) is 6.84. The van der Waals surface area contributed by atoms with E-state index in [-0.39, 0.29) is 24.0 Å². The fourth-order valence-corrected chi connectivity index (χ4v) is 2.72. The van der Waals surface area contributed by atoms with Gasteiger partial charge < -0.3 is 4.74 Å². The second-order valence-corrected chi connectivity index (χ2v) is 4.00. The molecule has 0 aromatic rings. The molecule has 1 saturated carbocycles. The second-order valence-electron chi connectivity index (χ2n) is 4.00. The van der Waals surface area contributed by atoms with Crippen molar-refractivity contribution in [2.24, 2.45) is 11.8 Å². The Morgan fingerprint density at radius 2 is 1.75 bits per heavy atom. The molecule has 3 aliphatic rings. The molecule has 0 aromatic heterocycles. The summed E-state index contributed by atoms with van der Waals surface area (Å²) in [6.45, 7) is 0. The Balaban J connectivity index is 2.02. The summed E-state index contributed by atoms with van der Waals surface area (Å²) in [6, 6.07) is 0. The Labute approximate surface area is 71.6 Å². The maximum absolute atomic E-state index is 11.7. The normalized spacial score (nSPS) is 49.8. The summed E-state index contributed by atoms with van der Waals surface area (Å²) in [5.74, 6) is 0.852. The SMILES string of the molecule is O=C1[C@H]2CCC[C@@H]1[C@H]1C=C[C@@H]2O1. The molecule has 3 rings (SSSR count). The van der Waals surface area contributed by atoms with Crippen LogP contribution in [0.1, 0.15) is 19.3 Å². The minimum atomic E-state index is 0.124. The van der Waals surface area contributed by atoms with Crippen molar-refractivity contribution in [3.63, 3.8) is 0 Å². The molecule has 2 aliphatic heterocycles. The largest absolute Gasteiger partial charge is 0.365 e. The second kappa shape index (κ2) is 2.19. The molecule has 2 fully saturated rings. The number of ether oxygens (including phenoxy) is 1. The first-order valence-corrected chi connectivity index (χ1v) is 4.74. The molecule has 0 radical (unpaired) electrons. The molecule has 0 N–H and O–H groups in total. The van der Waals surface area contributed by atoms with Gasteiger partial charge in [0.1, 0.15) is 5.78 Å². The molecular formula is C10H12O2. The number of Topliss-reactive ketones (excluding diaryl/α,β-unsaturated/α-hetero) is 1. The van der Waals surface area contributed by atoms with E-state index in [1.165, 1.54) is 6.42 Å². The molecular weight excluding hydrogens is 152 g/mol. The fourth-order valence-electron chi connectivity index (χ4n) is 2.72. The Bertz CT molecular complexity index is 235. The van der Waals surface area contributed by atoms with Crippen molar-refractivity contribution in [2.45, 2.75) is 31.5 Å². The van der Waals surface area contributed by atoms with Crippen LogP contribution in [0.2, 0.25) is 0 Å². The van der Waals surface area contributed by atoms with Gasteiger partial charge >= 0.3 is 0 Å². The predicted molar refractivity (Wildman–Crippen MR) is 43.6 cm³/mol. The smallest absolute Gasteiger partial charge is 0.144 e. The molecule has 0 unspecified atom stereocenters. The fraction of sp³-hybridized carbons (Fsp3) is 0.700. The van der Waals surface area contributed by atoms with E-state index in [2.05, 4.69) is 12.2 Å². The third-order valence-electron chi connectivity index (χ3n) is 3.36. The van der Waals surface area contributed by atoms with Crippen LogP contribution in [0, 0.1) is 11.8 Å². The number of fused-ring (bicyclic) bond motifs is 6. The van der Waals surface area contributed by atoms with Crippen molar-refractivity contribution in [2.75, 3.05) is 0 Å². The highest BCUT2D eigenvalue weighted by Gasteiger charge is 2.47. The van der Waals surface area contributed by atoms with Crippen LogP contribution in [0.15, 0.2) is 12.2 Å². The molecule has 0 amide bonds. The van der Waals surface area contributed by atoms with Gasteiger partial charge in [0.05, 0.1) is 12.2 Å². The number of hydrogen-bond acceptors (Lipinski definition) is 2. The van der Waals surface area contributed by atoms with Crippen molar-refractivity contribution < 1.29 is 9.53 Å². The predicted octanol–water partition coefficient (Wildman–Crippen LogP) is 1.31. The van der Waals surface area contributed by atoms with Gasteiger partial charge in [0.2, 0.25) is 0 Å². The van der Waals surface area contributed by atoms with Gasteiger partial charge in [-0.05, 0) is 12.8 Å². The van der Waals surface area contributed by atoms with E-state index in [0.29, 0.717) is 5.78 Å². The Hall–Kier alpha value is -0.630. The average molecular weight is 164 g/mol. The molecule has 4 bridgehead atoms. The van der Waals surface area contributed by atoms with Gasteiger partial charge in [-0.2, -0.15) is 0 Å². The third-order valence-corrected chi connectivity index (χ3v) is 3.36. The first-order valence-electron chi connectivity index (χ1n) is 4.74. The summed E-state index contributed by atoms with van der Waals surface area (Å²) in [4.78, 5) is 11.7. The van der Waals surface area contributed by atoms with Crippen molar-refractivity contribution >= 4 is 5.78 Å². The first-order chi connectivity index (χ1) is 5.86. The molecule has 0 spiro atoms. The molecule has 2 heteroatoms. The molecule has 1 saturated heterocycles. The summed E-state index contributed by atoms with van der Waals surface area (Å²) in [5.41, 5.74) is 0. The van der Waals surface area contributed by atoms with Crippen molar-refractivity contribution in [3.8, 4) is 0 Å². The summed E-state index contributed by atoms with van der Waals surface area (Å²) >= 11 is 0. The molecule has 1 aliphatic carbocycles. The van der Waals surface area contributed by atoms with Crippen molar-refractivity contribution in [1.82, 2.24) is 0 Å². The van der Waals surface area contributed by atoms with E-state index >= 15 is 0 Å². The molecule has 4 atom stereocenters. The zero-order valence-electron chi connectivity index (χ0n) is 6.90. The topological polar surface area (TPSA) is 26.3 Å². The maximum atomic E-state index is 11.7. The summed E-state index contributed by atoms with van der Waals surface area (Å²) in [7, 11) is 0. The third kappa shape index (κ3) is 0.712. The van der Waals surface area contributed by atoms with E-state index in [9.17, 15) is 4.79 Å². The summed E-state index contributed by atoms with van der Waals surface area (Å²) in [6.07, 6.45) is 7.70. The lowest BCUT2D eigenvalue weighted by molar-refractivity contribution is -0.150. The van der Waals surface area contributed by atoms with Gasteiger partial charge in [-0.15, -0.1) is 0 Å². The van der Waals surface area contributed by atoms with Crippen LogP contribution >= 0.6 is 0 Å². The number of carbonyl (C=O) groups is 1. The minimum absolute atomic E-state index is 0.124. The lowest BCUT2D eigenvalue weighted by atomic mass is 9.75. The standard InChI is InChI=1S/C10H12O2/c11-10-6-2-1-3-7(10)9-5-4-8(6)12-9/h4-9H,1-3H2/t6-,7+,8-,9+. The monoisotopic (exact) mass is 164 g/mol. The quantitative estimate of drug-likeness (QED) is 0.504. The number of rotatable bonds is 0. The summed E-state index contributed by atoms with van der Waals surface area (Å²) < 4.78 is 5.70. The van der Waals surface area contributed by atoms with E-state index in [4.69, 9.17) is 4.74 Å². The van der Waals surface area contributed by atoms with Crippen molar-refractivity contribution in [1.29, 1.82) is 0 Å². The van der Waals surface area contributed by atoms with Crippen LogP contribution in [0.5, 0.6) is 0 Å².